The Bertz CT molecular complexity index is 188. The van der Waals surface area contributed by atoms with Crippen LogP contribution in [0.15, 0.2) is 0 Å². The predicted molar refractivity (Wildman–Crippen MR) is 89.8 cm³/mol. The molecule has 0 aliphatic carbocycles. The van der Waals surface area contributed by atoms with Crippen molar-refractivity contribution >= 4 is 6.29 Å². The minimum atomic E-state index is 0.334. The van der Waals surface area contributed by atoms with Crippen LogP contribution in [-0.4, -0.2) is 6.29 Å². The second-order valence-corrected chi connectivity index (χ2v) is 6.22. The molecule has 0 spiro atoms. The van der Waals surface area contributed by atoms with Gasteiger partial charge >= 0.3 is 0 Å². The van der Waals surface area contributed by atoms with E-state index in [1.54, 1.807) is 0 Å². The standard InChI is InChI=1S/C19H37O/c1-3-5-7-9-11-13-15-17-19(18-20)16-14-12-10-8-6-4-2/h18-19H,1,3-17H2,2H3. The zero-order chi connectivity index (χ0) is 14.9. The molecule has 1 heteroatoms. The molecule has 0 aliphatic heterocycles. The molecule has 0 aromatic carbocycles. The van der Waals surface area contributed by atoms with E-state index in [4.69, 9.17) is 0 Å². The van der Waals surface area contributed by atoms with Crippen LogP contribution in [0.1, 0.15) is 103 Å². The summed E-state index contributed by atoms with van der Waals surface area (Å²) < 4.78 is 0. The minimum absolute atomic E-state index is 0.334. The molecule has 0 aromatic rings. The Balaban J connectivity index is 3.31. The average molecular weight is 282 g/mol. The van der Waals surface area contributed by atoms with Gasteiger partial charge in [0.1, 0.15) is 6.29 Å². The Morgan fingerprint density at radius 3 is 1.65 bits per heavy atom. The second kappa shape index (κ2) is 16.7. The molecule has 0 amide bonds. The van der Waals surface area contributed by atoms with Crippen LogP contribution < -0.4 is 0 Å². The van der Waals surface area contributed by atoms with Crippen LogP contribution in [0.3, 0.4) is 0 Å². The van der Waals surface area contributed by atoms with Crippen LogP contribution in [0.5, 0.6) is 0 Å². The largest absolute Gasteiger partial charge is 0.303 e. The smallest absolute Gasteiger partial charge is 0.123 e. The average Bonchev–Trinajstić information content (AvgIpc) is 2.47. The first-order valence-corrected chi connectivity index (χ1v) is 9.09. The quantitative estimate of drug-likeness (QED) is 0.233. The Kier molecular flexibility index (Phi) is 16.4. The van der Waals surface area contributed by atoms with E-state index in [1.165, 1.54) is 83.3 Å². The fraction of sp³-hybridized carbons (Fsp3) is 0.895. The van der Waals surface area contributed by atoms with Gasteiger partial charge in [-0.05, 0) is 12.8 Å². The van der Waals surface area contributed by atoms with Gasteiger partial charge in [-0.3, -0.25) is 0 Å². The van der Waals surface area contributed by atoms with E-state index in [0.29, 0.717) is 5.92 Å². The SMILES string of the molecule is [CH2]CCCCCCCCC(C=O)CCCCCCCC. The summed E-state index contributed by atoms with van der Waals surface area (Å²) in [6, 6.07) is 0. The molecule has 1 unspecified atom stereocenters. The van der Waals surface area contributed by atoms with Gasteiger partial charge in [0.2, 0.25) is 0 Å². The molecule has 0 fully saturated rings. The van der Waals surface area contributed by atoms with Gasteiger partial charge in [0.15, 0.2) is 0 Å². The van der Waals surface area contributed by atoms with Crippen LogP contribution in [-0.2, 0) is 4.79 Å². The van der Waals surface area contributed by atoms with Gasteiger partial charge in [-0.2, -0.15) is 0 Å². The van der Waals surface area contributed by atoms with Crippen LogP contribution in [0.4, 0.5) is 0 Å². The number of hydrogen-bond acceptors (Lipinski definition) is 1. The molecule has 1 radical (unpaired) electrons. The third-order valence-corrected chi connectivity index (χ3v) is 4.20. The number of rotatable bonds is 16. The molecule has 119 valence electrons. The van der Waals surface area contributed by atoms with Crippen molar-refractivity contribution in [2.24, 2.45) is 5.92 Å². The predicted octanol–water partition coefficient (Wildman–Crippen LogP) is 6.51. The molecule has 1 nitrogen and oxygen atoms in total. The number of carbonyl (C=O) groups excluding carboxylic acids is 1. The molecule has 0 rings (SSSR count). The molecule has 0 saturated heterocycles. The van der Waals surface area contributed by atoms with Gasteiger partial charge in [0.25, 0.3) is 0 Å². The lowest BCUT2D eigenvalue weighted by Crippen LogP contribution is -2.02. The third kappa shape index (κ3) is 14.1. The summed E-state index contributed by atoms with van der Waals surface area (Å²) >= 11 is 0. The second-order valence-electron chi connectivity index (χ2n) is 6.22. The van der Waals surface area contributed by atoms with Gasteiger partial charge in [-0.15, -0.1) is 0 Å². The maximum atomic E-state index is 11.1. The van der Waals surface area contributed by atoms with Crippen molar-refractivity contribution in [1.82, 2.24) is 0 Å². The first-order chi connectivity index (χ1) is 9.85. The van der Waals surface area contributed by atoms with E-state index in [9.17, 15) is 4.79 Å². The number of unbranched alkanes of at least 4 members (excludes halogenated alkanes) is 11. The normalized spacial score (nSPS) is 12.5. The van der Waals surface area contributed by atoms with Gasteiger partial charge in [0, 0.05) is 5.92 Å². The molecule has 1 atom stereocenters. The highest BCUT2D eigenvalue weighted by Gasteiger charge is 2.06. The third-order valence-electron chi connectivity index (χ3n) is 4.20. The zero-order valence-corrected chi connectivity index (χ0v) is 13.9. The minimum Gasteiger partial charge on any atom is -0.303 e. The first kappa shape index (κ1) is 19.7. The van der Waals surface area contributed by atoms with Crippen LogP contribution in [0, 0.1) is 12.8 Å². The first-order valence-electron chi connectivity index (χ1n) is 9.09. The van der Waals surface area contributed by atoms with Crippen molar-refractivity contribution < 1.29 is 4.79 Å². The number of carbonyl (C=O) groups is 1. The van der Waals surface area contributed by atoms with Gasteiger partial charge in [-0.1, -0.05) is 97.3 Å². The molecule has 0 bridgehead atoms. The molecule has 0 N–H and O–H groups in total. The van der Waals surface area contributed by atoms with E-state index in [1.807, 2.05) is 0 Å². The molecular weight excluding hydrogens is 244 g/mol. The van der Waals surface area contributed by atoms with Crippen molar-refractivity contribution in [2.45, 2.75) is 103 Å². The molecule has 0 saturated carbocycles. The Morgan fingerprint density at radius 1 is 0.750 bits per heavy atom. The summed E-state index contributed by atoms with van der Waals surface area (Å²) in [5.41, 5.74) is 0. The summed E-state index contributed by atoms with van der Waals surface area (Å²) in [6.07, 6.45) is 20.3. The number of hydrogen-bond donors (Lipinski definition) is 0. The van der Waals surface area contributed by atoms with E-state index in [2.05, 4.69) is 13.8 Å². The van der Waals surface area contributed by atoms with Crippen LogP contribution >= 0.6 is 0 Å². The lowest BCUT2D eigenvalue weighted by molar-refractivity contribution is -0.111. The Labute approximate surface area is 127 Å². The number of aldehydes is 1. The van der Waals surface area contributed by atoms with Crippen molar-refractivity contribution in [3.63, 3.8) is 0 Å². The molecule has 20 heavy (non-hydrogen) atoms. The fourth-order valence-corrected chi connectivity index (χ4v) is 2.76. The van der Waals surface area contributed by atoms with E-state index in [-0.39, 0.29) is 0 Å². The monoisotopic (exact) mass is 281 g/mol. The Hall–Kier alpha value is -0.330. The van der Waals surface area contributed by atoms with Crippen molar-refractivity contribution in [3.05, 3.63) is 6.92 Å². The topological polar surface area (TPSA) is 17.1 Å². The zero-order valence-electron chi connectivity index (χ0n) is 13.9. The summed E-state index contributed by atoms with van der Waals surface area (Å²) in [4.78, 5) is 11.1. The van der Waals surface area contributed by atoms with E-state index < -0.39 is 0 Å². The fourth-order valence-electron chi connectivity index (χ4n) is 2.76. The van der Waals surface area contributed by atoms with Crippen LogP contribution in [0.2, 0.25) is 0 Å². The molecule has 0 heterocycles. The summed E-state index contributed by atoms with van der Waals surface area (Å²) in [6.45, 7) is 6.12. The summed E-state index contributed by atoms with van der Waals surface area (Å²) in [5, 5.41) is 0. The van der Waals surface area contributed by atoms with Crippen LogP contribution in [0.25, 0.3) is 0 Å². The van der Waals surface area contributed by atoms with Gasteiger partial charge in [-0.25, -0.2) is 0 Å². The van der Waals surface area contributed by atoms with Gasteiger partial charge < -0.3 is 4.79 Å². The highest BCUT2D eigenvalue weighted by Crippen LogP contribution is 2.17. The van der Waals surface area contributed by atoms with E-state index >= 15 is 0 Å². The Morgan fingerprint density at radius 2 is 1.20 bits per heavy atom. The van der Waals surface area contributed by atoms with Gasteiger partial charge in [0.05, 0.1) is 0 Å². The summed E-state index contributed by atoms with van der Waals surface area (Å²) in [7, 11) is 0. The summed E-state index contributed by atoms with van der Waals surface area (Å²) in [5.74, 6) is 0.334. The maximum absolute atomic E-state index is 11.1. The van der Waals surface area contributed by atoms with E-state index in [0.717, 1.165) is 19.3 Å². The highest BCUT2D eigenvalue weighted by atomic mass is 16.1. The molecule has 0 aliphatic rings. The lowest BCUT2D eigenvalue weighted by atomic mass is 9.95. The highest BCUT2D eigenvalue weighted by molar-refractivity contribution is 5.53. The van der Waals surface area contributed by atoms with Crippen molar-refractivity contribution in [2.75, 3.05) is 0 Å². The lowest BCUT2D eigenvalue weighted by Gasteiger charge is -2.10. The maximum Gasteiger partial charge on any atom is 0.123 e. The molecule has 0 aromatic heterocycles. The van der Waals surface area contributed by atoms with Crippen molar-refractivity contribution in [3.8, 4) is 0 Å². The van der Waals surface area contributed by atoms with Crippen molar-refractivity contribution in [1.29, 1.82) is 0 Å². The molecular formula is C19H37O.